The van der Waals surface area contributed by atoms with Gasteiger partial charge in [0, 0.05) is 43.5 Å². The second-order valence-corrected chi connectivity index (χ2v) is 8.85. The Balaban J connectivity index is 1.65. The molecule has 1 saturated carbocycles. The first kappa shape index (κ1) is 21.3. The highest BCUT2D eigenvalue weighted by Crippen LogP contribution is 2.39. The maximum absolute atomic E-state index is 13.4. The number of nitrogens with zero attached hydrogens (tertiary/aromatic N) is 2. The maximum atomic E-state index is 13.4. The highest BCUT2D eigenvalue weighted by atomic mass is 16.2. The van der Waals surface area contributed by atoms with Crippen molar-refractivity contribution in [3.8, 4) is 11.1 Å². The Morgan fingerprint density at radius 2 is 2.03 bits per heavy atom. The topological polar surface area (TPSA) is 62.3 Å². The van der Waals surface area contributed by atoms with Gasteiger partial charge in [-0.3, -0.25) is 14.6 Å². The van der Waals surface area contributed by atoms with Gasteiger partial charge in [-0.05, 0) is 49.3 Å². The van der Waals surface area contributed by atoms with E-state index in [4.69, 9.17) is 0 Å². The molecule has 5 heteroatoms. The van der Waals surface area contributed by atoms with Crippen LogP contribution in [0.4, 0.5) is 0 Å². The van der Waals surface area contributed by atoms with Crippen LogP contribution in [0, 0.1) is 11.3 Å². The van der Waals surface area contributed by atoms with Crippen molar-refractivity contribution in [2.75, 3.05) is 19.6 Å². The average molecular weight is 418 g/mol. The molecule has 2 heterocycles. The molecule has 1 aromatic carbocycles. The number of likely N-dealkylation sites (tertiary alicyclic amines) is 1. The van der Waals surface area contributed by atoms with E-state index in [2.05, 4.69) is 29.0 Å². The smallest absolute Gasteiger partial charge is 0.228 e. The number of hydrogen-bond acceptors (Lipinski definition) is 3. The molecule has 1 atom stereocenters. The normalized spacial score (nSPS) is 21.2. The molecule has 5 nitrogen and oxygen atoms in total. The van der Waals surface area contributed by atoms with Crippen molar-refractivity contribution in [3.63, 3.8) is 0 Å². The summed E-state index contributed by atoms with van der Waals surface area (Å²) >= 11 is 0. The van der Waals surface area contributed by atoms with E-state index in [9.17, 15) is 9.59 Å². The lowest BCUT2D eigenvalue weighted by Crippen LogP contribution is -2.55. The summed E-state index contributed by atoms with van der Waals surface area (Å²) in [5, 5.41) is 3.03. The quantitative estimate of drug-likeness (QED) is 0.693. The monoisotopic (exact) mass is 417 g/mol. The minimum absolute atomic E-state index is 0.0134. The number of carbonyl (C=O) groups is 2. The van der Waals surface area contributed by atoms with Crippen molar-refractivity contribution >= 4 is 11.8 Å². The number of hydrogen-bond donors (Lipinski definition) is 1. The fourth-order valence-electron chi connectivity index (χ4n) is 4.84. The number of rotatable bonds is 7. The van der Waals surface area contributed by atoms with Gasteiger partial charge in [-0.1, -0.05) is 42.8 Å². The third-order valence-corrected chi connectivity index (χ3v) is 6.75. The third kappa shape index (κ3) is 4.55. The van der Waals surface area contributed by atoms with Gasteiger partial charge in [0.15, 0.2) is 0 Å². The number of carbonyl (C=O) groups excluding carboxylic acids is 2. The molecule has 2 aliphatic rings. The van der Waals surface area contributed by atoms with E-state index in [1.165, 1.54) is 0 Å². The van der Waals surface area contributed by atoms with Crippen LogP contribution in [0.3, 0.4) is 0 Å². The number of pyridine rings is 1. The van der Waals surface area contributed by atoms with Crippen molar-refractivity contribution in [3.05, 3.63) is 67.0 Å². The molecule has 1 aromatic heterocycles. The molecule has 2 aromatic rings. The van der Waals surface area contributed by atoms with Crippen molar-refractivity contribution in [1.82, 2.24) is 15.2 Å². The lowest BCUT2D eigenvalue weighted by Gasteiger charge is -2.44. The fourth-order valence-corrected chi connectivity index (χ4v) is 4.84. The highest BCUT2D eigenvalue weighted by molar-refractivity contribution is 5.86. The minimum atomic E-state index is -0.640. The van der Waals surface area contributed by atoms with Crippen molar-refractivity contribution in [2.45, 2.75) is 38.5 Å². The molecular formula is C26H31N3O2. The van der Waals surface area contributed by atoms with Gasteiger partial charge in [0.2, 0.25) is 11.8 Å². The number of piperidine rings is 1. The molecule has 0 unspecified atom stereocenters. The SMILES string of the molecule is C=CCNC(=O)[C@]1(Cc2ccccc2-c2cccnc2)CCCN(C(=O)C2CCC2)C1. The van der Waals surface area contributed by atoms with Gasteiger partial charge in [-0.2, -0.15) is 0 Å². The second-order valence-electron chi connectivity index (χ2n) is 8.85. The molecule has 2 fully saturated rings. The molecular weight excluding hydrogens is 386 g/mol. The van der Waals surface area contributed by atoms with Crippen LogP contribution in [0.2, 0.25) is 0 Å². The molecule has 1 aliphatic heterocycles. The first-order valence-electron chi connectivity index (χ1n) is 11.3. The molecule has 31 heavy (non-hydrogen) atoms. The second kappa shape index (κ2) is 9.46. The van der Waals surface area contributed by atoms with Gasteiger partial charge in [-0.15, -0.1) is 6.58 Å². The summed E-state index contributed by atoms with van der Waals surface area (Å²) in [4.78, 5) is 32.7. The third-order valence-electron chi connectivity index (χ3n) is 6.75. The zero-order valence-electron chi connectivity index (χ0n) is 18.1. The standard InChI is InChI=1S/C26H31N3O2/c1-2-14-28-25(31)26(13-7-16-29(19-26)24(30)20-9-5-10-20)17-21-8-3-4-12-23(21)22-11-6-15-27-18-22/h2-4,6,8,11-12,15,18,20H,1,5,7,9-10,13-14,16-17,19H2,(H,28,31)/t26-/m0/s1. The lowest BCUT2D eigenvalue weighted by molar-refractivity contribution is -0.146. The first-order valence-corrected chi connectivity index (χ1v) is 11.3. The molecule has 4 rings (SSSR count). The van der Waals surface area contributed by atoms with Gasteiger partial charge >= 0.3 is 0 Å². The van der Waals surface area contributed by atoms with Gasteiger partial charge < -0.3 is 10.2 Å². The fraction of sp³-hybridized carbons (Fsp3) is 0.423. The molecule has 0 radical (unpaired) electrons. The molecule has 1 aliphatic carbocycles. The summed E-state index contributed by atoms with van der Waals surface area (Å²) in [6, 6.07) is 12.2. The Kier molecular flexibility index (Phi) is 6.50. The van der Waals surface area contributed by atoms with Crippen LogP contribution in [-0.2, 0) is 16.0 Å². The van der Waals surface area contributed by atoms with Crippen molar-refractivity contribution < 1.29 is 9.59 Å². The number of benzene rings is 1. The van der Waals surface area contributed by atoms with E-state index in [1.807, 2.05) is 35.4 Å². The molecule has 1 N–H and O–H groups in total. The number of amides is 2. The van der Waals surface area contributed by atoms with Gasteiger partial charge in [0.1, 0.15) is 0 Å². The summed E-state index contributed by atoms with van der Waals surface area (Å²) < 4.78 is 0. The van der Waals surface area contributed by atoms with E-state index in [0.717, 1.165) is 55.3 Å². The summed E-state index contributed by atoms with van der Waals surface area (Å²) in [7, 11) is 0. The van der Waals surface area contributed by atoms with Crippen LogP contribution in [-0.4, -0.2) is 41.3 Å². The predicted octanol–water partition coefficient (Wildman–Crippen LogP) is 4.00. The van der Waals surface area contributed by atoms with E-state index < -0.39 is 5.41 Å². The van der Waals surface area contributed by atoms with Crippen LogP contribution in [0.5, 0.6) is 0 Å². The molecule has 2 amide bonds. The Hall–Kier alpha value is -2.95. The number of nitrogens with one attached hydrogen (secondary N) is 1. The van der Waals surface area contributed by atoms with Crippen LogP contribution >= 0.6 is 0 Å². The summed E-state index contributed by atoms with van der Waals surface area (Å²) in [5.41, 5.74) is 2.60. The lowest BCUT2D eigenvalue weighted by atomic mass is 9.72. The Bertz CT molecular complexity index is 939. The molecule has 162 valence electrons. The zero-order chi connectivity index (χ0) is 21.7. The number of aromatic nitrogens is 1. The molecule has 1 saturated heterocycles. The maximum Gasteiger partial charge on any atom is 0.228 e. The summed E-state index contributed by atoms with van der Waals surface area (Å²) in [6.07, 6.45) is 10.6. The van der Waals surface area contributed by atoms with Crippen molar-refractivity contribution in [2.24, 2.45) is 11.3 Å². The minimum Gasteiger partial charge on any atom is -0.352 e. The first-order chi connectivity index (χ1) is 15.1. The molecule has 0 spiro atoms. The molecule has 0 bridgehead atoms. The van der Waals surface area contributed by atoms with Gasteiger partial charge in [-0.25, -0.2) is 0 Å². The summed E-state index contributed by atoms with van der Waals surface area (Å²) in [5.74, 6) is 0.390. The highest BCUT2D eigenvalue weighted by Gasteiger charge is 2.45. The van der Waals surface area contributed by atoms with E-state index in [0.29, 0.717) is 19.5 Å². The largest absolute Gasteiger partial charge is 0.352 e. The zero-order valence-corrected chi connectivity index (χ0v) is 18.1. The van der Waals surface area contributed by atoms with E-state index >= 15 is 0 Å². The van der Waals surface area contributed by atoms with E-state index in [1.54, 1.807) is 12.3 Å². The Morgan fingerprint density at radius 1 is 1.19 bits per heavy atom. The average Bonchev–Trinajstić information content (AvgIpc) is 2.77. The van der Waals surface area contributed by atoms with Crippen molar-refractivity contribution in [1.29, 1.82) is 0 Å². The van der Waals surface area contributed by atoms with Crippen LogP contribution in [0.1, 0.15) is 37.7 Å². The van der Waals surface area contributed by atoms with E-state index in [-0.39, 0.29) is 17.7 Å². The predicted molar refractivity (Wildman–Crippen MR) is 122 cm³/mol. The van der Waals surface area contributed by atoms with Crippen LogP contribution < -0.4 is 5.32 Å². The summed E-state index contributed by atoms with van der Waals surface area (Å²) in [6.45, 7) is 5.39. The van der Waals surface area contributed by atoms with Crippen LogP contribution in [0.15, 0.2) is 61.4 Å². The van der Waals surface area contributed by atoms with Crippen LogP contribution in [0.25, 0.3) is 11.1 Å². The Labute approximate surface area is 184 Å². The van der Waals surface area contributed by atoms with Gasteiger partial charge in [0.05, 0.1) is 5.41 Å². The van der Waals surface area contributed by atoms with Gasteiger partial charge in [0.25, 0.3) is 0 Å². The Morgan fingerprint density at radius 3 is 2.74 bits per heavy atom.